The fourth-order valence-electron chi connectivity index (χ4n) is 2.77. The highest BCUT2D eigenvalue weighted by Gasteiger charge is 2.25. The molecule has 0 saturated carbocycles. The van der Waals surface area contributed by atoms with Gasteiger partial charge in [-0.2, -0.15) is 0 Å². The Morgan fingerprint density at radius 3 is 2.35 bits per heavy atom. The molecule has 140 valence electrons. The Morgan fingerprint density at radius 1 is 1.04 bits per heavy atom. The zero-order chi connectivity index (χ0) is 19.4. The van der Waals surface area contributed by atoms with Crippen LogP contribution in [0.1, 0.15) is 67.8 Å². The van der Waals surface area contributed by atoms with E-state index in [4.69, 9.17) is 14.0 Å². The number of ether oxygens (including phenoxy) is 2. The van der Waals surface area contributed by atoms with Crippen LogP contribution in [0.4, 0.5) is 0 Å². The second kappa shape index (κ2) is 7.99. The van der Waals surface area contributed by atoms with Crippen LogP contribution in [-0.4, -0.2) is 41.1 Å². The molecule has 0 amide bonds. The number of aromatic amines is 1. The van der Waals surface area contributed by atoms with E-state index in [1.165, 1.54) is 0 Å². The van der Waals surface area contributed by atoms with Gasteiger partial charge in [0.05, 0.1) is 12.3 Å². The summed E-state index contributed by atoms with van der Waals surface area (Å²) in [6, 6.07) is 0. The van der Waals surface area contributed by atoms with Crippen LogP contribution in [0.2, 0.25) is 0 Å². The standard InChI is InChI=1S/C18H22N2O6/c1-6-12-15(11(5)26-20-12)17(22)25-8-13(21)14-9(3)16(19-10(14)4)18(23)24-7-2/h19H,6-8H2,1-5H3. The van der Waals surface area contributed by atoms with Gasteiger partial charge in [-0.15, -0.1) is 0 Å². The minimum absolute atomic E-state index is 0.224. The lowest BCUT2D eigenvalue weighted by Gasteiger charge is -2.05. The Hall–Kier alpha value is -2.90. The van der Waals surface area contributed by atoms with Crippen LogP contribution in [0.15, 0.2) is 4.52 Å². The van der Waals surface area contributed by atoms with Crippen LogP contribution in [0.5, 0.6) is 0 Å². The second-order valence-electron chi connectivity index (χ2n) is 5.76. The van der Waals surface area contributed by atoms with Crippen molar-refractivity contribution in [3.63, 3.8) is 0 Å². The van der Waals surface area contributed by atoms with Gasteiger partial charge in [-0.3, -0.25) is 4.79 Å². The summed E-state index contributed by atoms with van der Waals surface area (Å²) in [6.07, 6.45) is 0.509. The Labute approximate surface area is 150 Å². The average Bonchev–Trinajstić information content (AvgIpc) is 3.12. The van der Waals surface area contributed by atoms with Crippen molar-refractivity contribution in [2.75, 3.05) is 13.2 Å². The number of carbonyl (C=O) groups is 3. The molecular weight excluding hydrogens is 340 g/mol. The number of H-pyrrole nitrogens is 1. The molecule has 1 N–H and O–H groups in total. The lowest BCUT2D eigenvalue weighted by molar-refractivity contribution is 0.0470. The Kier molecular flexibility index (Phi) is 5.97. The first-order valence-electron chi connectivity index (χ1n) is 8.33. The minimum atomic E-state index is -0.662. The van der Waals surface area contributed by atoms with Crippen LogP contribution in [0.3, 0.4) is 0 Å². The van der Waals surface area contributed by atoms with Gasteiger partial charge in [0.1, 0.15) is 17.0 Å². The Balaban J connectivity index is 2.14. The average molecular weight is 362 g/mol. The zero-order valence-corrected chi connectivity index (χ0v) is 15.5. The normalized spacial score (nSPS) is 10.7. The number of nitrogens with one attached hydrogen (secondary N) is 1. The maximum atomic E-state index is 12.5. The number of hydrogen-bond acceptors (Lipinski definition) is 7. The number of carbonyl (C=O) groups excluding carboxylic acids is 3. The summed E-state index contributed by atoms with van der Waals surface area (Å²) < 4.78 is 15.1. The molecule has 8 heteroatoms. The van der Waals surface area contributed by atoms with Crippen molar-refractivity contribution < 1.29 is 28.4 Å². The minimum Gasteiger partial charge on any atom is -0.461 e. The molecule has 0 bridgehead atoms. The van der Waals surface area contributed by atoms with Gasteiger partial charge in [0, 0.05) is 11.3 Å². The SMILES string of the molecule is CCOC(=O)c1[nH]c(C)c(C(=O)COC(=O)c2c(CC)noc2C)c1C. The van der Waals surface area contributed by atoms with Crippen molar-refractivity contribution in [1.82, 2.24) is 10.1 Å². The number of hydrogen-bond donors (Lipinski definition) is 1. The highest BCUT2D eigenvalue weighted by molar-refractivity contribution is 6.04. The molecule has 26 heavy (non-hydrogen) atoms. The number of nitrogens with zero attached hydrogens (tertiary/aromatic N) is 1. The van der Waals surface area contributed by atoms with Crippen LogP contribution >= 0.6 is 0 Å². The van der Waals surface area contributed by atoms with Crippen LogP contribution < -0.4 is 0 Å². The largest absolute Gasteiger partial charge is 0.461 e. The van der Waals surface area contributed by atoms with E-state index in [1.54, 1.807) is 27.7 Å². The zero-order valence-electron chi connectivity index (χ0n) is 15.5. The van der Waals surface area contributed by atoms with Gasteiger partial charge in [-0.1, -0.05) is 12.1 Å². The van der Waals surface area contributed by atoms with Gasteiger partial charge >= 0.3 is 11.9 Å². The molecule has 0 aliphatic rings. The van der Waals surface area contributed by atoms with Gasteiger partial charge in [0.25, 0.3) is 0 Å². The fourth-order valence-corrected chi connectivity index (χ4v) is 2.77. The van der Waals surface area contributed by atoms with Crippen molar-refractivity contribution in [1.29, 1.82) is 0 Å². The summed E-state index contributed by atoms with van der Waals surface area (Å²) in [7, 11) is 0. The molecule has 0 saturated heterocycles. The maximum absolute atomic E-state index is 12.5. The van der Waals surface area contributed by atoms with Gasteiger partial charge in [-0.25, -0.2) is 9.59 Å². The fraction of sp³-hybridized carbons (Fsp3) is 0.444. The van der Waals surface area contributed by atoms with Gasteiger partial charge in [-0.05, 0) is 39.7 Å². The van der Waals surface area contributed by atoms with Gasteiger partial charge < -0.3 is 19.0 Å². The highest BCUT2D eigenvalue weighted by Crippen LogP contribution is 2.20. The van der Waals surface area contributed by atoms with Crippen LogP contribution in [-0.2, 0) is 15.9 Å². The molecule has 2 aromatic rings. The molecule has 8 nitrogen and oxygen atoms in total. The Morgan fingerprint density at radius 2 is 1.73 bits per heavy atom. The van der Waals surface area contributed by atoms with Crippen LogP contribution in [0, 0.1) is 20.8 Å². The number of esters is 2. The van der Waals surface area contributed by atoms with E-state index in [0.29, 0.717) is 34.7 Å². The third kappa shape index (κ3) is 3.68. The number of aryl methyl sites for hydroxylation is 3. The van der Waals surface area contributed by atoms with Crippen molar-refractivity contribution in [3.05, 3.63) is 39.5 Å². The molecule has 0 fully saturated rings. The van der Waals surface area contributed by atoms with E-state index in [1.807, 2.05) is 6.92 Å². The molecule has 0 atom stereocenters. The summed E-state index contributed by atoms with van der Waals surface area (Å²) in [4.78, 5) is 39.5. The predicted octanol–water partition coefficient (Wildman–Crippen LogP) is 2.71. The first kappa shape index (κ1) is 19.4. The first-order chi connectivity index (χ1) is 12.3. The van der Waals surface area contributed by atoms with E-state index in [0.717, 1.165) is 0 Å². The van der Waals surface area contributed by atoms with Crippen molar-refractivity contribution in [2.24, 2.45) is 0 Å². The monoisotopic (exact) mass is 362 g/mol. The first-order valence-corrected chi connectivity index (χ1v) is 8.33. The molecule has 2 aromatic heterocycles. The molecule has 0 radical (unpaired) electrons. The number of aromatic nitrogens is 2. The molecule has 2 heterocycles. The predicted molar refractivity (Wildman–Crippen MR) is 91.5 cm³/mol. The molecular formula is C18H22N2O6. The van der Waals surface area contributed by atoms with Crippen molar-refractivity contribution >= 4 is 17.7 Å². The summed E-state index contributed by atoms with van der Waals surface area (Å²) in [5.41, 5.74) is 2.26. The third-order valence-corrected chi connectivity index (χ3v) is 4.00. The van der Waals surface area contributed by atoms with E-state index in [2.05, 4.69) is 10.1 Å². The topological polar surface area (TPSA) is 111 Å². The molecule has 0 aliphatic heterocycles. The van der Waals surface area contributed by atoms with Crippen LogP contribution in [0.25, 0.3) is 0 Å². The summed E-state index contributed by atoms with van der Waals surface area (Å²) in [5.74, 6) is -1.26. The maximum Gasteiger partial charge on any atom is 0.355 e. The molecule has 0 spiro atoms. The van der Waals surface area contributed by atoms with Crippen molar-refractivity contribution in [3.8, 4) is 0 Å². The summed E-state index contributed by atoms with van der Waals surface area (Å²) >= 11 is 0. The number of ketones is 1. The van der Waals surface area contributed by atoms with Gasteiger partial charge in [0.2, 0.25) is 5.78 Å². The molecule has 0 aromatic carbocycles. The van der Waals surface area contributed by atoms with Gasteiger partial charge in [0.15, 0.2) is 6.61 Å². The van der Waals surface area contributed by atoms with E-state index in [9.17, 15) is 14.4 Å². The summed E-state index contributed by atoms with van der Waals surface area (Å²) in [5, 5.41) is 3.79. The quantitative estimate of drug-likeness (QED) is 0.595. The van der Waals surface area contributed by atoms with Crippen molar-refractivity contribution in [2.45, 2.75) is 41.0 Å². The number of Topliss-reactive ketones (excluding diaryl/α,β-unsaturated/α-hetero) is 1. The van der Waals surface area contributed by atoms with E-state index in [-0.39, 0.29) is 17.9 Å². The highest BCUT2D eigenvalue weighted by atomic mass is 16.5. The molecule has 2 rings (SSSR count). The second-order valence-corrected chi connectivity index (χ2v) is 5.76. The molecule has 0 aliphatic carbocycles. The van der Waals surface area contributed by atoms with E-state index < -0.39 is 24.3 Å². The third-order valence-electron chi connectivity index (χ3n) is 4.00. The number of rotatable bonds is 7. The Bertz CT molecular complexity index is 846. The summed E-state index contributed by atoms with van der Waals surface area (Å²) in [6.45, 7) is 8.24. The smallest absolute Gasteiger partial charge is 0.355 e. The lowest BCUT2D eigenvalue weighted by atomic mass is 10.1. The molecule has 0 unspecified atom stereocenters. The lowest BCUT2D eigenvalue weighted by Crippen LogP contribution is -2.16. The van der Waals surface area contributed by atoms with E-state index >= 15 is 0 Å².